The molecule has 124 valence electrons. The lowest BCUT2D eigenvalue weighted by molar-refractivity contribution is -0.236. The molecule has 0 aromatic heterocycles. The van der Waals surface area contributed by atoms with Gasteiger partial charge in [0.05, 0.1) is 0 Å². The maximum Gasteiger partial charge on any atom is 0.305 e. The van der Waals surface area contributed by atoms with Gasteiger partial charge in [-0.2, -0.15) is 0 Å². The van der Waals surface area contributed by atoms with Crippen LogP contribution in [0.2, 0.25) is 0 Å². The largest absolute Gasteiger partial charge is 0.462 e. The van der Waals surface area contributed by atoms with Gasteiger partial charge in [0.2, 0.25) is 5.78 Å². The molecule has 0 bridgehead atoms. The van der Waals surface area contributed by atoms with Crippen LogP contribution in [0.4, 0.5) is 0 Å². The van der Waals surface area contributed by atoms with E-state index >= 15 is 0 Å². The van der Waals surface area contributed by atoms with Crippen molar-refractivity contribution in [3.05, 3.63) is 0 Å². The Hall–Kier alpha value is -1.47. The maximum absolute atomic E-state index is 12.6. The van der Waals surface area contributed by atoms with E-state index in [-0.39, 0.29) is 6.42 Å². The van der Waals surface area contributed by atoms with Crippen LogP contribution in [-0.2, 0) is 28.6 Å². The van der Waals surface area contributed by atoms with Crippen molar-refractivity contribution >= 4 is 17.7 Å². The Morgan fingerprint density at radius 3 is 2.18 bits per heavy atom. The summed E-state index contributed by atoms with van der Waals surface area (Å²) in [6, 6.07) is 0. The average Bonchev–Trinajstić information content (AvgIpc) is 2.49. The van der Waals surface area contributed by atoms with E-state index in [4.69, 9.17) is 14.2 Å². The topological polar surface area (TPSA) is 99.1 Å². The SMILES string of the molecule is CC(=O)O[C@H]1CC(C)(C)[C@@]2(O)C(=O)[C@H](OC(C)=O)O[C@@]2(C)C1. The van der Waals surface area contributed by atoms with Gasteiger partial charge in [-0.1, -0.05) is 13.8 Å². The summed E-state index contributed by atoms with van der Waals surface area (Å²) in [5, 5.41) is 11.1. The lowest BCUT2D eigenvalue weighted by atomic mass is 9.57. The molecule has 2 fully saturated rings. The van der Waals surface area contributed by atoms with Gasteiger partial charge in [0.15, 0.2) is 5.60 Å². The second-order valence-corrected chi connectivity index (χ2v) is 6.89. The molecule has 7 heteroatoms. The number of esters is 2. The molecule has 0 amide bonds. The first-order valence-corrected chi connectivity index (χ1v) is 7.22. The van der Waals surface area contributed by atoms with Crippen LogP contribution in [0.5, 0.6) is 0 Å². The lowest BCUT2D eigenvalue weighted by Crippen LogP contribution is -2.67. The molecule has 4 atom stereocenters. The first-order chi connectivity index (χ1) is 9.93. The third-order valence-corrected chi connectivity index (χ3v) is 4.64. The monoisotopic (exact) mass is 314 g/mol. The quantitative estimate of drug-likeness (QED) is 0.750. The highest BCUT2D eigenvalue weighted by atomic mass is 16.7. The van der Waals surface area contributed by atoms with Gasteiger partial charge in [-0.05, 0) is 13.3 Å². The van der Waals surface area contributed by atoms with Crippen molar-refractivity contribution < 1.29 is 33.7 Å². The standard InChI is InChI=1S/C15H22O7/c1-8(16)20-10-6-13(3,4)15(19)11(18)12(21-9(2)17)22-14(15,5)7-10/h10,12,19H,6-7H2,1-5H3/t10-,12+,14-,15-/m0/s1. The second kappa shape index (κ2) is 5.03. The van der Waals surface area contributed by atoms with Crippen molar-refractivity contribution in [3.63, 3.8) is 0 Å². The van der Waals surface area contributed by atoms with Gasteiger partial charge in [-0.25, -0.2) is 0 Å². The average molecular weight is 314 g/mol. The van der Waals surface area contributed by atoms with E-state index in [1.54, 1.807) is 20.8 Å². The molecule has 2 aliphatic rings. The van der Waals surface area contributed by atoms with Crippen molar-refractivity contribution in [1.82, 2.24) is 0 Å². The fraction of sp³-hybridized carbons (Fsp3) is 0.800. The van der Waals surface area contributed by atoms with E-state index in [1.807, 2.05) is 0 Å². The summed E-state index contributed by atoms with van der Waals surface area (Å²) in [5.41, 5.74) is -4.03. The minimum absolute atomic E-state index is 0.149. The molecule has 1 saturated heterocycles. The summed E-state index contributed by atoms with van der Waals surface area (Å²) in [6.07, 6.45) is -1.47. The maximum atomic E-state index is 12.6. The Balaban J connectivity index is 2.38. The molecule has 2 rings (SSSR count). The van der Waals surface area contributed by atoms with E-state index in [0.29, 0.717) is 6.42 Å². The smallest absolute Gasteiger partial charge is 0.305 e. The summed E-state index contributed by atoms with van der Waals surface area (Å²) in [4.78, 5) is 34.9. The minimum atomic E-state index is -1.82. The molecule has 0 radical (unpaired) electrons. The summed E-state index contributed by atoms with van der Waals surface area (Å²) in [7, 11) is 0. The summed E-state index contributed by atoms with van der Waals surface area (Å²) < 4.78 is 15.7. The Labute approximate surface area is 128 Å². The zero-order chi connectivity index (χ0) is 16.9. The van der Waals surface area contributed by atoms with Crippen molar-refractivity contribution in [2.45, 2.75) is 71.1 Å². The number of ether oxygens (including phenoxy) is 3. The molecule has 1 saturated carbocycles. The number of aliphatic hydroxyl groups is 1. The molecule has 0 unspecified atom stereocenters. The molecule has 0 aromatic rings. The Morgan fingerprint density at radius 1 is 1.14 bits per heavy atom. The van der Waals surface area contributed by atoms with E-state index in [2.05, 4.69) is 0 Å². The first-order valence-electron chi connectivity index (χ1n) is 7.22. The summed E-state index contributed by atoms with van der Waals surface area (Å²) in [6.45, 7) is 7.46. The molecule has 1 aliphatic heterocycles. The highest BCUT2D eigenvalue weighted by Gasteiger charge is 2.73. The minimum Gasteiger partial charge on any atom is -0.462 e. The van der Waals surface area contributed by atoms with Gasteiger partial charge in [-0.15, -0.1) is 0 Å². The van der Waals surface area contributed by atoms with Gasteiger partial charge in [0.25, 0.3) is 6.29 Å². The van der Waals surface area contributed by atoms with Crippen LogP contribution in [0, 0.1) is 5.41 Å². The normalized spacial score (nSPS) is 40.0. The zero-order valence-electron chi connectivity index (χ0n) is 13.5. The Kier molecular flexibility index (Phi) is 3.86. The number of carbonyl (C=O) groups excluding carboxylic acids is 3. The molecular formula is C15H22O7. The van der Waals surface area contributed by atoms with E-state index in [0.717, 1.165) is 6.92 Å². The molecular weight excluding hydrogens is 292 g/mol. The molecule has 1 aliphatic carbocycles. The first kappa shape index (κ1) is 16.9. The summed E-state index contributed by atoms with van der Waals surface area (Å²) in [5.74, 6) is -1.77. The molecule has 1 N–H and O–H groups in total. The molecule has 7 nitrogen and oxygen atoms in total. The molecule has 1 heterocycles. The van der Waals surface area contributed by atoms with Crippen LogP contribution in [0.15, 0.2) is 0 Å². The predicted octanol–water partition coefficient (Wildman–Crippen LogP) is 0.716. The second-order valence-electron chi connectivity index (χ2n) is 6.89. The van der Waals surface area contributed by atoms with Gasteiger partial charge in [0, 0.05) is 25.7 Å². The number of hydrogen-bond acceptors (Lipinski definition) is 7. The van der Waals surface area contributed by atoms with E-state index < -0.39 is 46.7 Å². The zero-order valence-corrected chi connectivity index (χ0v) is 13.5. The van der Waals surface area contributed by atoms with E-state index in [1.165, 1.54) is 6.92 Å². The van der Waals surface area contributed by atoms with Gasteiger partial charge in [-0.3, -0.25) is 14.4 Å². The van der Waals surface area contributed by atoms with Crippen LogP contribution in [0.1, 0.15) is 47.5 Å². The van der Waals surface area contributed by atoms with Crippen molar-refractivity contribution in [1.29, 1.82) is 0 Å². The van der Waals surface area contributed by atoms with Gasteiger partial charge >= 0.3 is 11.9 Å². The molecule has 0 aromatic carbocycles. The van der Waals surface area contributed by atoms with Crippen LogP contribution >= 0.6 is 0 Å². The van der Waals surface area contributed by atoms with Crippen molar-refractivity contribution in [2.75, 3.05) is 0 Å². The number of carbonyl (C=O) groups is 3. The third kappa shape index (κ3) is 2.32. The van der Waals surface area contributed by atoms with Crippen LogP contribution in [0.3, 0.4) is 0 Å². The number of hydrogen-bond donors (Lipinski definition) is 1. The van der Waals surface area contributed by atoms with Crippen LogP contribution in [0.25, 0.3) is 0 Å². The van der Waals surface area contributed by atoms with Crippen molar-refractivity contribution in [2.24, 2.45) is 5.41 Å². The van der Waals surface area contributed by atoms with Crippen LogP contribution < -0.4 is 0 Å². The molecule has 0 spiro atoms. The number of ketones is 1. The summed E-state index contributed by atoms with van der Waals surface area (Å²) >= 11 is 0. The van der Waals surface area contributed by atoms with Crippen LogP contribution in [-0.4, -0.2) is 46.4 Å². The van der Waals surface area contributed by atoms with Gasteiger partial charge in [0.1, 0.15) is 11.7 Å². The fourth-order valence-electron chi connectivity index (χ4n) is 3.82. The van der Waals surface area contributed by atoms with Crippen molar-refractivity contribution in [3.8, 4) is 0 Å². The number of rotatable bonds is 2. The predicted molar refractivity (Wildman–Crippen MR) is 73.6 cm³/mol. The third-order valence-electron chi connectivity index (χ3n) is 4.64. The highest BCUT2D eigenvalue weighted by Crippen LogP contribution is 2.56. The molecule has 22 heavy (non-hydrogen) atoms. The highest BCUT2D eigenvalue weighted by molar-refractivity contribution is 5.95. The Morgan fingerprint density at radius 2 is 1.68 bits per heavy atom. The number of Topliss-reactive ketones (excluding diaryl/α,β-unsaturated/α-hetero) is 1. The Bertz CT molecular complexity index is 526. The lowest BCUT2D eigenvalue weighted by Gasteiger charge is -2.52. The number of fused-ring (bicyclic) bond motifs is 1. The van der Waals surface area contributed by atoms with Gasteiger partial charge < -0.3 is 19.3 Å². The fourth-order valence-corrected chi connectivity index (χ4v) is 3.82. The van der Waals surface area contributed by atoms with E-state index in [9.17, 15) is 19.5 Å².